The molecule has 6 heteroatoms. The lowest BCUT2D eigenvalue weighted by Crippen LogP contribution is -2.40. The lowest BCUT2D eigenvalue weighted by molar-refractivity contribution is -0.123. The Balaban J connectivity index is 1.54. The van der Waals surface area contributed by atoms with E-state index in [1.807, 2.05) is 0 Å². The lowest BCUT2D eigenvalue weighted by atomic mass is 10.1. The van der Waals surface area contributed by atoms with Gasteiger partial charge in [-0.25, -0.2) is 4.39 Å². The molecule has 0 saturated carbocycles. The zero-order chi connectivity index (χ0) is 18.2. The van der Waals surface area contributed by atoms with Gasteiger partial charge in [0.25, 0.3) is 5.91 Å². The molecular weight excluding hydrogens is 351 g/mol. The van der Waals surface area contributed by atoms with E-state index in [1.54, 1.807) is 23.5 Å². The number of hydrogen-bond donors (Lipinski definition) is 1. The molecule has 0 radical (unpaired) electrons. The number of nitrogens with zero attached hydrogens (tertiary/aromatic N) is 1. The molecule has 2 aromatic rings. The molecule has 1 amide bonds. The van der Waals surface area contributed by atoms with Gasteiger partial charge in [-0.1, -0.05) is 18.9 Å². The first-order valence-electron chi connectivity index (χ1n) is 9.13. The van der Waals surface area contributed by atoms with Gasteiger partial charge in [0, 0.05) is 12.6 Å². The van der Waals surface area contributed by atoms with E-state index in [4.69, 9.17) is 4.74 Å². The molecule has 1 aliphatic rings. The summed E-state index contributed by atoms with van der Waals surface area (Å²) in [5, 5.41) is 7.21. The minimum Gasteiger partial charge on any atom is -0.484 e. The summed E-state index contributed by atoms with van der Waals surface area (Å²) in [6.07, 6.45) is 4.97. The summed E-state index contributed by atoms with van der Waals surface area (Å²) in [5.41, 5.74) is 1.25. The lowest BCUT2D eigenvalue weighted by Gasteiger charge is -2.30. The summed E-state index contributed by atoms with van der Waals surface area (Å²) in [7, 11) is 0. The smallest absolute Gasteiger partial charge is 0.258 e. The van der Waals surface area contributed by atoms with Crippen molar-refractivity contribution in [1.82, 2.24) is 10.2 Å². The maximum absolute atomic E-state index is 13.2. The highest BCUT2D eigenvalue weighted by atomic mass is 32.1. The summed E-state index contributed by atoms with van der Waals surface area (Å²) in [5.74, 6) is -0.201. The van der Waals surface area contributed by atoms with E-state index in [1.165, 1.54) is 43.4 Å². The van der Waals surface area contributed by atoms with Crippen molar-refractivity contribution in [1.29, 1.82) is 0 Å². The van der Waals surface area contributed by atoms with Crippen molar-refractivity contribution in [3.05, 3.63) is 52.5 Å². The summed E-state index contributed by atoms with van der Waals surface area (Å²) >= 11 is 1.68. The van der Waals surface area contributed by atoms with Crippen molar-refractivity contribution >= 4 is 17.2 Å². The topological polar surface area (TPSA) is 41.6 Å². The number of hydrogen-bond acceptors (Lipinski definition) is 4. The Morgan fingerprint density at radius 2 is 2.04 bits per heavy atom. The first-order valence-corrected chi connectivity index (χ1v) is 10.1. The van der Waals surface area contributed by atoms with Crippen LogP contribution in [0.2, 0.25) is 0 Å². The molecule has 0 bridgehead atoms. The molecule has 1 N–H and O–H groups in total. The standard InChI is InChI=1S/C20H25FN2O2S/c21-17-6-5-7-18(12-17)25-14-20(24)22-13-19(16-8-11-26-15-16)23-9-3-1-2-4-10-23/h5-8,11-12,15,19H,1-4,9-10,13-14H2,(H,22,24). The third kappa shape index (κ3) is 5.54. The highest BCUT2D eigenvalue weighted by Gasteiger charge is 2.22. The number of benzene rings is 1. The molecule has 0 aliphatic carbocycles. The molecule has 1 atom stereocenters. The first kappa shape index (κ1) is 18.9. The summed E-state index contributed by atoms with van der Waals surface area (Å²) < 4.78 is 18.5. The molecule has 4 nitrogen and oxygen atoms in total. The van der Waals surface area contributed by atoms with Gasteiger partial charge in [-0.3, -0.25) is 9.69 Å². The Hall–Kier alpha value is -1.92. The van der Waals surface area contributed by atoms with Gasteiger partial charge in [0.05, 0.1) is 6.04 Å². The maximum Gasteiger partial charge on any atom is 0.258 e. The van der Waals surface area contributed by atoms with E-state index in [0.29, 0.717) is 12.3 Å². The van der Waals surface area contributed by atoms with Crippen molar-refractivity contribution < 1.29 is 13.9 Å². The van der Waals surface area contributed by atoms with E-state index >= 15 is 0 Å². The molecule has 0 spiro atoms. The SMILES string of the molecule is O=C(COc1cccc(F)c1)NCC(c1ccsc1)N1CCCCCC1. The van der Waals surface area contributed by atoms with Crippen LogP contribution < -0.4 is 10.1 Å². The minimum absolute atomic E-state index is 0.111. The highest BCUT2D eigenvalue weighted by molar-refractivity contribution is 7.07. The van der Waals surface area contributed by atoms with Crippen LogP contribution in [0.5, 0.6) is 5.75 Å². The number of amides is 1. The average Bonchev–Trinajstić information content (AvgIpc) is 3.03. The predicted molar refractivity (Wildman–Crippen MR) is 102 cm³/mol. The second-order valence-corrected chi connectivity index (χ2v) is 7.35. The van der Waals surface area contributed by atoms with E-state index in [0.717, 1.165) is 13.1 Å². The van der Waals surface area contributed by atoms with Crippen LogP contribution in [-0.4, -0.2) is 37.0 Å². The van der Waals surface area contributed by atoms with Crippen molar-refractivity contribution in [2.45, 2.75) is 31.7 Å². The van der Waals surface area contributed by atoms with E-state index in [9.17, 15) is 9.18 Å². The molecule has 2 heterocycles. The third-order valence-corrected chi connectivity index (χ3v) is 5.37. The van der Waals surface area contributed by atoms with E-state index < -0.39 is 0 Å². The van der Waals surface area contributed by atoms with Crippen molar-refractivity contribution in [2.24, 2.45) is 0 Å². The average molecular weight is 376 g/mol. The number of thiophene rings is 1. The Morgan fingerprint density at radius 1 is 1.23 bits per heavy atom. The summed E-state index contributed by atoms with van der Waals surface area (Å²) in [6.45, 7) is 2.58. The normalized spacial score (nSPS) is 16.7. The van der Waals surface area contributed by atoms with Gasteiger partial charge in [0.2, 0.25) is 0 Å². The third-order valence-electron chi connectivity index (χ3n) is 4.67. The number of carbonyl (C=O) groups excluding carboxylic acids is 1. The fourth-order valence-electron chi connectivity index (χ4n) is 3.30. The number of halogens is 1. The van der Waals surface area contributed by atoms with Crippen molar-refractivity contribution in [3.63, 3.8) is 0 Å². The van der Waals surface area contributed by atoms with Crippen LogP contribution in [0, 0.1) is 5.82 Å². The maximum atomic E-state index is 13.2. The van der Waals surface area contributed by atoms with Crippen LogP contribution in [0.1, 0.15) is 37.3 Å². The van der Waals surface area contributed by atoms with Crippen molar-refractivity contribution in [3.8, 4) is 5.75 Å². The van der Waals surface area contributed by atoms with Crippen LogP contribution in [0.15, 0.2) is 41.1 Å². The second kappa shape index (κ2) is 9.69. The Bertz CT molecular complexity index is 685. The molecule has 26 heavy (non-hydrogen) atoms. The van der Waals surface area contributed by atoms with E-state index in [-0.39, 0.29) is 24.4 Å². The van der Waals surface area contributed by atoms with Gasteiger partial charge in [0.1, 0.15) is 11.6 Å². The van der Waals surface area contributed by atoms with Gasteiger partial charge >= 0.3 is 0 Å². The van der Waals surface area contributed by atoms with Crippen LogP contribution in [0.4, 0.5) is 4.39 Å². The fourth-order valence-corrected chi connectivity index (χ4v) is 4.00. The monoisotopic (exact) mass is 376 g/mol. The first-order chi connectivity index (χ1) is 12.7. The Kier molecular flexibility index (Phi) is 7.03. The van der Waals surface area contributed by atoms with Gasteiger partial charge in [-0.05, 0) is 60.5 Å². The van der Waals surface area contributed by atoms with Crippen molar-refractivity contribution in [2.75, 3.05) is 26.2 Å². The molecule has 3 rings (SSSR count). The van der Waals surface area contributed by atoms with Gasteiger partial charge in [-0.15, -0.1) is 0 Å². The number of ether oxygens (including phenoxy) is 1. The number of carbonyl (C=O) groups is 1. The molecule has 1 fully saturated rings. The fraction of sp³-hybridized carbons (Fsp3) is 0.450. The zero-order valence-electron chi connectivity index (χ0n) is 14.8. The Labute approximate surface area is 158 Å². The zero-order valence-corrected chi connectivity index (χ0v) is 15.6. The molecule has 1 aromatic carbocycles. The molecule has 1 aliphatic heterocycles. The summed E-state index contributed by atoms with van der Waals surface area (Å²) in [4.78, 5) is 14.7. The van der Waals surface area contributed by atoms with Gasteiger partial charge in [0.15, 0.2) is 6.61 Å². The molecule has 1 unspecified atom stereocenters. The number of rotatable bonds is 7. The molecule has 140 valence electrons. The number of nitrogens with one attached hydrogen (secondary N) is 1. The van der Waals surface area contributed by atoms with Gasteiger partial charge in [-0.2, -0.15) is 11.3 Å². The van der Waals surface area contributed by atoms with Crippen LogP contribution in [0.25, 0.3) is 0 Å². The largest absolute Gasteiger partial charge is 0.484 e. The van der Waals surface area contributed by atoms with Crippen LogP contribution >= 0.6 is 11.3 Å². The summed E-state index contributed by atoms with van der Waals surface area (Å²) in [6, 6.07) is 8.15. The second-order valence-electron chi connectivity index (χ2n) is 6.57. The molecule has 1 aromatic heterocycles. The molecule has 1 saturated heterocycles. The predicted octanol–water partition coefficient (Wildman–Crippen LogP) is 4.00. The minimum atomic E-state index is -0.374. The highest BCUT2D eigenvalue weighted by Crippen LogP contribution is 2.25. The van der Waals surface area contributed by atoms with Crippen LogP contribution in [0.3, 0.4) is 0 Å². The van der Waals surface area contributed by atoms with E-state index in [2.05, 4.69) is 27.0 Å². The van der Waals surface area contributed by atoms with Gasteiger partial charge < -0.3 is 10.1 Å². The van der Waals surface area contributed by atoms with Crippen LogP contribution in [-0.2, 0) is 4.79 Å². The number of likely N-dealkylation sites (tertiary alicyclic amines) is 1. The Morgan fingerprint density at radius 3 is 2.73 bits per heavy atom. The molecular formula is C20H25FN2O2S. The quantitative estimate of drug-likeness (QED) is 0.794.